The average molecular weight is 178 g/mol. The van der Waals surface area contributed by atoms with E-state index >= 15 is 0 Å². The Bertz CT molecular complexity index is 298. The lowest BCUT2D eigenvalue weighted by Crippen LogP contribution is -2.33. The Hall–Kier alpha value is -1.71. The van der Waals surface area contributed by atoms with Crippen LogP contribution in [0.1, 0.15) is 17.3 Å². The number of rotatable bonds is 3. The van der Waals surface area contributed by atoms with E-state index in [0.29, 0.717) is 11.8 Å². The van der Waals surface area contributed by atoms with Gasteiger partial charge in [0, 0.05) is 12.4 Å². The number of hydrogen-bond donors (Lipinski definition) is 1. The maximum atomic E-state index is 11.3. The predicted octanol–water partition coefficient (Wildman–Crippen LogP) is 0.399. The molecule has 4 nitrogen and oxygen atoms in total. The number of aldehydes is 1. The number of amides is 1. The Morgan fingerprint density at radius 3 is 3.00 bits per heavy atom. The zero-order valence-electron chi connectivity index (χ0n) is 7.23. The summed E-state index contributed by atoms with van der Waals surface area (Å²) in [5, 5.41) is 2.50. The summed E-state index contributed by atoms with van der Waals surface area (Å²) in [4.78, 5) is 25.3. The molecule has 0 aliphatic rings. The van der Waals surface area contributed by atoms with Crippen LogP contribution in [0.5, 0.6) is 0 Å². The topological polar surface area (TPSA) is 59.1 Å². The molecule has 1 aromatic heterocycles. The van der Waals surface area contributed by atoms with Gasteiger partial charge in [-0.05, 0) is 19.1 Å². The van der Waals surface area contributed by atoms with Crippen LogP contribution < -0.4 is 5.32 Å². The standard InChI is InChI=1S/C9H10N2O2/c1-7(6-12)11-9(13)8-3-2-4-10-5-8/h2-7H,1H3,(H,11,13)/t7-/m0/s1. The van der Waals surface area contributed by atoms with Crippen molar-refractivity contribution in [3.8, 4) is 0 Å². The zero-order valence-corrected chi connectivity index (χ0v) is 7.23. The number of nitrogens with one attached hydrogen (secondary N) is 1. The van der Waals surface area contributed by atoms with Crippen LogP contribution in [-0.2, 0) is 4.79 Å². The van der Waals surface area contributed by atoms with Gasteiger partial charge in [-0.2, -0.15) is 0 Å². The second-order valence-corrected chi connectivity index (χ2v) is 2.64. The second-order valence-electron chi connectivity index (χ2n) is 2.64. The molecule has 1 amide bonds. The third-order valence-electron chi connectivity index (χ3n) is 1.49. The number of carbonyl (C=O) groups is 2. The van der Waals surface area contributed by atoms with Crippen molar-refractivity contribution in [1.29, 1.82) is 0 Å². The van der Waals surface area contributed by atoms with Gasteiger partial charge in [-0.1, -0.05) is 0 Å². The van der Waals surface area contributed by atoms with Crippen molar-refractivity contribution < 1.29 is 9.59 Å². The largest absolute Gasteiger partial charge is 0.343 e. The SMILES string of the molecule is C[C@@H](C=O)NC(=O)c1cccnc1. The quantitative estimate of drug-likeness (QED) is 0.681. The van der Waals surface area contributed by atoms with Gasteiger partial charge in [-0.15, -0.1) is 0 Å². The van der Waals surface area contributed by atoms with Crippen molar-refractivity contribution in [2.24, 2.45) is 0 Å². The molecule has 0 aliphatic carbocycles. The minimum Gasteiger partial charge on any atom is -0.343 e. The molecule has 1 aromatic rings. The molecule has 0 aliphatic heterocycles. The average Bonchev–Trinajstić information content (AvgIpc) is 2.19. The van der Waals surface area contributed by atoms with Crippen LogP contribution in [0, 0.1) is 0 Å². The van der Waals surface area contributed by atoms with Gasteiger partial charge in [-0.25, -0.2) is 0 Å². The first-order valence-corrected chi connectivity index (χ1v) is 3.90. The molecule has 0 aromatic carbocycles. The van der Waals surface area contributed by atoms with Crippen LogP contribution in [0.25, 0.3) is 0 Å². The summed E-state index contributed by atoms with van der Waals surface area (Å²) in [5.74, 6) is -0.285. The van der Waals surface area contributed by atoms with E-state index in [1.807, 2.05) is 0 Å². The molecule has 13 heavy (non-hydrogen) atoms. The molecule has 0 saturated carbocycles. The van der Waals surface area contributed by atoms with E-state index in [-0.39, 0.29) is 5.91 Å². The van der Waals surface area contributed by atoms with Gasteiger partial charge >= 0.3 is 0 Å². The summed E-state index contributed by atoms with van der Waals surface area (Å²) in [7, 11) is 0. The second kappa shape index (κ2) is 4.35. The smallest absolute Gasteiger partial charge is 0.253 e. The summed E-state index contributed by atoms with van der Waals surface area (Å²) >= 11 is 0. The van der Waals surface area contributed by atoms with E-state index in [1.165, 1.54) is 6.20 Å². The van der Waals surface area contributed by atoms with Crippen LogP contribution >= 0.6 is 0 Å². The number of nitrogens with zero attached hydrogens (tertiary/aromatic N) is 1. The van der Waals surface area contributed by atoms with Gasteiger partial charge in [0.05, 0.1) is 11.6 Å². The van der Waals surface area contributed by atoms with E-state index in [1.54, 1.807) is 25.3 Å². The highest BCUT2D eigenvalue weighted by Crippen LogP contribution is 1.95. The highest BCUT2D eigenvalue weighted by Gasteiger charge is 2.07. The van der Waals surface area contributed by atoms with Crippen LogP contribution in [0.4, 0.5) is 0 Å². The third-order valence-corrected chi connectivity index (χ3v) is 1.49. The molecule has 0 spiro atoms. The first-order valence-electron chi connectivity index (χ1n) is 3.90. The normalized spacial score (nSPS) is 11.8. The molecule has 0 radical (unpaired) electrons. The van der Waals surface area contributed by atoms with Crippen LogP contribution in [-0.4, -0.2) is 23.2 Å². The Kier molecular flexibility index (Phi) is 3.14. The maximum Gasteiger partial charge on any atom is 0.253 e. The molecule has 1 atom stereocenters. The summed E-state index contributed by atoms with van der Waals surface area (Å²) < 4.78 is 0. The van der Waals surface area contributed by atoms with E-state index in [0.717, 1.165) is 0 Å². The van der Waals surface area contributed by atoms with Crippen molar-refractivity contribution in [2.75, 3.05) is 0 Å². The Morgan fingerprint density at radius 1 is 1.69 bits per heavy atom. The third kappa shape index (κ3) is 2.66. The zero-order chi connectivity index (χ0) is 9.68. The number of carbonyl (C=O) groups excluding carboxylic acids is 2. The monoisotopic (exact) mass is 178 g/mol. The fourth-order valence-electron chi connectivity index (χ4n) is 0.821. The maximum absolute atomic E-state index is 11.3. The van der Waals surface area contributed by atoms with E-state index in [2.05, 4.69) is 10.3 Å². The minimum atomic E-state index is -0.465. The number of aromatic nitrogens is 1. The lowest BCUT2D eigenvalue weighted by Gasteiger charge is -2.05. The van der Waals surface area contributed by atoms with E-state index in [9.17, 15) is 9.59 Å². The molecule has 0 saturated heterocycles. The van der Waals surface area contributed by atoms with Crippen molar-refractivity contribution in [1.82, 2.24) is 10.3 Å². The molecule has 0 unspecified atom stereocenters. The Balaban J connectivity index is 2.64. The molecular weight excluding hydrogens is 168 g/mol. The van der Waals surface area contributed by atoms with Gasteiger partial charge in [0.15, 0.2) is 0 Å². The summed E-state index contributed by atoms with van der Waals surface area (Å²) in [6.45, 7) is 1.61. The lowest BCUT2D eigenvalue weighted by atomic mass is 10.2. The predicted molar refractivity (Wildman–Crippen MR) is 47.2 cm³/mol. The van der Waals surface area contributed by atoms with Gasteiger partial charge in [0.1, 0.15) is 6.29 Å². The lowest BCUT2D eigenvalue weighted by molar-refractivity contribution is -0.109. The molecule has 1 N–H and O–H groups in total. The summed E-state index contributed by atoms with van der Waals surface area (Å²) in [5.41, 5.74) is 0.455. The number of pyridine rings is 1. The summed E-state index contributed by atoms with van der Waals surface area (Å²) in [6, 6.07) is 2.84. The van der Waals surface area contributed by atoms with Crippen molar-refractivity contribution >= 4 is 12.2 Å². The highest BCUT2D eigenvalue weighted by atomic mass is 16.2. The first kappa shape index (κ1) is 9.38. The molecule has 1 heterocycles. The van der Waals surface area contributed by atoms with Crippen molar-refractivity contribution in [3.63, 3.8) is 0 Å². The van der Waals surface area contributed by atoms with E-state index < -0.39 is 6.04 Å². The highest BCUT2D eigenvalue weighted by molar-refractivity contribution is 5.95. The Morgan fingerprint density at radius 2 is 2.46 bits per heavy atom. The van der Waals surface area contributed by atoms with E-state index in [4.69, 9.17) is 0 Å². The van der Waals surface area contributed by atoms with Crippen LogP contribution in [0.3, 0.4) is 0 Å². The fourth-order valence-corrected chi connectivity index (χ4v) is 0.821. The van der Waals surface area contributed by atoms with Crippen LogP contribution in [0.15, 0.2) is 24.5 Å². The van der Waals surface area contributed by atoms with Crippen LogP contribution in [0.2, 0.25) is 0 Å². The molecule has 4 heteroatoms. The molecule has 0 bridgehead atoms. The van der Waals surface area contributed by atoms with Crippen molar-refractivity contribution in [3.05, 3.63) is 30.1 Å². The fraction of sp³-hybridized carbons (Fsp3) is 0.222. The minimum absolute atomic E-state index is 0.285. The number of hydrogen-bond acceptors (Lipinski definition) is 3. The van der Waals surface area contributed by atoms with Crippen molar-refractivity contribution in [2.45, 2.75) is 13.0 Å². The van der Waals surface area contributed by atoms with Gasteiger partial charge in [-0.3, -0.25) is 9.78 Å². The van der Waals surface area contributed by atoms with Gasteiger partial charge < -0.3 is 10.1 Å². The molecular formula is C9H10N2O2. The summed E-state index contributed by atoms with van der Waals surface area (Å²) in [6.07, 6.45) is 3.71. The van der Waals surface area contributed by atoms with Gasteiger partial charge in [0.2, 0.25) is 0 Å². The first-order chi connectivity index (χ1) is 6.24. The molecule has 68 valence electrons. The Labute approximate surface area is 76.0 Å². The molecule has 1 rings (SSSR count). The van der Waals surface area contributed by atoms with Gasteiger partial charge in [0.25, 0.3) is 5.91 Å². The molecule has 0 fully saturated rings.